The number of esters is 1. The van der Waals surface area contributed by atoms with Crippen LogP contribution in [0.4, 0.5) is 4.39 Å². The van der Waals surface area contributed by atoms with E-state index in [4.69, 9.17) is 23.7 Å². The molecule has 69 heavy (non-hydrogen) atoms. The molecule has 3 saturated heterocycles. The lowest BCUT2D eigenvalue weighted by atomic mass is 9.73. The van der Waals surface area contributed by atoms with E-state index in [2.05, 4.69) is 15.3 Å². The minimum atomic E-state index is -3.39. The quantitative estimate of drug-likeness (QED) is 0.166. The zero-order valence-corrected chi connectivity index (χ0v) is 42.6. The molecule has 0 saturated carbocycles. The summed E-state index contributed by atoms with van der Waals surface area (Å²) >= 11 is 0. The third-order valence-corrected chi connectivity index (χ3v) is 15.3. The molecule has 0 spiro atoms. The lowest BCUT2D eigenvalue weighted by Gasteiger charge is -2.48. The summed E-state index contributed by atoms with van der Waals surface area (Å²) in [5, 5.41) is 55.3. The van der Waals surface area contributed by atoms with Crippen molar-refractivity contribution in [2.75, 3.05) is 46.3 Å². The molecule has 1 unspecified atom stereocenters. The van der Waals surface area contributed by atoms with E-state index < -0.39 is 143 Å². The molecule has 1 amide bonds. The molecule has 388 valence electrons. The van der Waals surface area contributed by atoms with Crippen LogP contribution in [0, 0.1) is 23.7 Å². The maximum Gasteiger partial charge on any atom is 0.316 e. The van der Waals surface area contributed by atoms with Crippen molar-refractivity contribution >= 4 is 33.2 Å². The van der Waals surface area contributed by atoms with Crippen molar-refractivity contribution in [2.45, 2.75) is 165 Å². The molecule has 0 aliphatic carbocycles. The first kappa shape index (κ1) is 56.3. The van der Waals surface area contributed by atoms with Crippen molar-refractivity contribution in [3.63, 3.8) is 0 Å². The number of likely N-dealkylation sites (N-methyl/N-ethyl adjacent to an activating group) is 1. The average Bonchev–Trinajstić information content (AvgIpc) is 3.77. The van der Waals surface area contributed by atoms with Gasteiger partial charge in [-0.1, -0.05) is 45.0 Å². The second-order valence-corrected chi connectivity index (χ2v) is 22.2. The molecule has 4 heterocycles. The summed E-state index contributed by atoms with van der Waals surface area (Å²) in [6.07, 6.45) is -3.16. The van der Waals surface area contributed by atoms with Gasteiger partial charge in [0.25, 0.3) is 0 Å². The number of rotatable bonds is 13. The van der Waals surface area contributed by atoms with E-state index in [1.807, 2.05) is 18.9 Å². The zero-order valence-electron chi connectivity index (χ0n) is 41.8. The van der Waals surface area contributed by atoms with Gasteiger partial charge in [-0.15, -0.1) is 5.10 Å². The lowest BCUT2D eigenvalue weighted by molar-refractivity contribution is -0.301. The number of ether oxygens (including phenoxy) is 5. The number of hydrogen-bond donors (Lipinski definition) is 4. The van der Waals surface area contributed by atoms with Crippen LogP contribution in [0.15, 0.2) is 40.4 Å². The number of fused-ring (bicyclic) bond motifs is 5. The fraction of sp³-hybridized carbons (Fsp3) is 0.750. The molecule has 3 fully saturated rings. The van der Waals surface area contributed by atoms with Gasteiger partial charge in [-0.3, -0.25) is 14.4 Å². The van der Waals surface area contributed by atoms with E-state index in [1.54, 1.807) is 52.9 Å². The van der Waals surface area contributed by atoms with Crippen LogP contribution in [-0.4, -0.2) is 178 Å². The highest BCUT2D eigenvalue weighted by atomic mass is 32.2. The molecule has 1 aromatic carbocycles. The molecule has 21 heteroatoms. The molecule has 1 aromatic heterocycles. The van der Waals surface area contributed by atoms with Crippen molar-refractivity contribution in [3.05, 3.63) is 41.7 Å². The summed E-state index contributed by atoms with van der Waals surface area (Å²) < 4.78 is 71.6. The highest BCUT2D eigenvalue weighted by Crippen LogP contribution is 2.41. The number of aliphatic hydroxyl groups is 4. The number of Topliss-reactive ketones (excluding diaryl/α,β-unsaturated/α-hetero) is 1. The first-order valence-electron chi connectivity index (χ1n) is 23.8. The predicted octanol–water partition coefficient (Wildman–Crippen LogP) is 2.63. The van der Waals surface area contributed by atoms with Crippen LogP contribution in [0.1, 0.15) is 98.9 Å². The van der Waals surface area contributed by atoms with E-state index in [9.17, 15) is 47.6 Å². The summed E-state index contributed by atoms with van der Waals surface area (Å²) in [4.78, 5) is 47.8. The van der Waals surface area contributed by atoms with Crippen molar-refractivity contribution in [3.8, 4) is 0 Å². The van der Waals surface area contributed by atoms with Crippen LogP contribution in [0.2, 0.25) is 0 Å². The monoisotopic (exact) mass is 995 g/mol. The fourth-order valence-electron chi connectivity index (χ4n) is 10.1. The van der Waals surface area contributed by atoms with Gasteiger partial charge in [0.05, 0.1) is 60.4 Å². The second kappa shape index (κ2) is 22.8. The van der Waals surface area contributed by atoms with Crippen LogP contribution in [0.5, 0.6) is 0 Å². The van der Waals surface area contributed by atoms with Gasteiger partial charge in [-0.05, 0) is 84.0 Å². The molecule has 3 aliphatic heterocycles. The van der Waals surface area contributed by atoms with E-state index in [1.165, 1.54) is 37.6 Å². The molecule has 15 atom stereocenters. The topological polar surface area (TPSA) is 259 Å². The predicted molar refractivity (Wildman–Crippen MR) is 250 cm³/mol. The van der Waals surface area contributed by atoms with Crippen LogP contribution in [0.3, 0.4) is 0 Å². The number of aliphatic imine (C=N–C) groups is 1. The number of carbonyl (C=O) groups is 3. The largest absolute Gasteiger partial charge is 0.459 e. The third kappa shape index (κ3) is 13.3. The standard InChI is InChI=1S/C48H74FN5O14S/c1-12-38-47(9,60)43-29(4)39(50-32(7)56)27(2)21-46(8,65-26-48(61,24-55)25-64-43)42(30(5)40(57)31(6)44(59)67-38)68-45-41(58)37(19-28(3)66-45)53(10)18-17-34-23-54(52-51-34)35(22-49)20-33-13-15-36(16-14-33)69(11,62)63/h13-16,23,27-31,35,37-38,41-43,45,55,58,60-61H,12,17-22,24-26H2,1-11H3/t27-,28-,29+,30+,31-,35+,37+,38-,41-,42-,43-,45+,46-,47-,48?/m1/s1. The van der Waals surface area contributed by atoms with Crippen molar-refractivity contribution in [1.29, 1.82) is 0 Å². The van der Waals surface area contributed by atoms with Gasteiger partial charge in [0.1, 0.15) is 36.0 Å². The molecule has 2 bridgehead atoms. The Bertz CT molecular complexity index is 2230. The van der Waals surface area contributed by atoms with Gasteiger partial charge >= 0.3 is 5.97 Å². The lowest BCUT2D eigenvalue weighted by Crippen LogP contribution is -2.60. The van der Waals surface area contributed by atoms with Crippen molar-refractivity contribution in [2.24, 2.45) is 28.7 Å². The van der Waals surface area contributed by atoms with Gasteiger partial charge < -0.3 is 49.0 Å². The molecular formula is C48H74FN5O14S. The van der Waals surface area contributed by atoms with E-state index in [0.29, 0.717) is 30.8 Å². The number of aliphatic hydroxyl groups excluding tert-OH is 2. The smallest absolute Gasteiger partial charge is 0.316 e. The van der Waals surface area contributed by atoms with E-state index in [-0.39, 0.29) is 24.2 Å². The average molecular weight is 996 g/mol. The fourth-order valence-corrected chi connectivity index (χ4v) is 10.7. The Morgan fingerprint density at radius 2 is 1.75 bits per heavy atom. The summed E-state index contributed by atoms with van der Waals surface area (Å²) in [6.45, 7) is 12.0. The van der Waals surface area contributed by atoms with Crippen LogP contribution >= 0.6 is 0 Å². The number of sulfone groups is 1. The maximum absolute atomic E-state index is 14.6. The summed E-state index contributed by atoms with van der Waals surface area (Å²) in [5.41, 5.74) is -4.05. The number of ketones is 1. The number of amides is 1. The molecule has 5 rings (SSSR count). The molecule has 19 nitrogen and oxygen atoms in total. The Balaban J connectivity index is 1.46. The minimum Gasteiger partial charge on any atom is -0.459 e. The molecule has 3 aliphatic rings. The van der Waals surface area contributed by atoms with Crippen molar-refractivity contribution < 1.29 is 71.3 Å². The zero-order chi connectivity index (χ0) is 51.4. The van der Waals surface area contributed by atoms with Gasteiger partial charge in [0, 0.05) is 55.9 Å². The second-order valence-electron chi connectivity index (χ2n) is 20.2. The number of carbonyl (C=O) groups excluding carboxylic acids is 3. The van der Waals surface area contributed by atoms with Gasteiger partial charge in [-0.2, -0.15) is 0 Å². The molecule has 0 radical (unpaired) electrons. The first-order valence-corrected chi connectivity index (χ1v) is 25.7. The Kier molecular flexibility index (Phi) is 18.6. The van der Waals surface area contributed by atoms with Gasteiger partial charge in [-0.25, -0.2) is 22.5 Å². The summed E-state index contributed by atoms with van der Waals surface area (Å²) in [5.74, 6) is -6.10. The Labute approximate surface area is 405 Å². The first-order chi connectivity index (χ1) is 32.2. The highest BCUT2D eigenvalue weighted by Gasteiger charge is 2.54. The molecule has 2 aromatic rings. The van der Waals surface area contributed by atoms with Gasteiger partial charge in [0.15, 0.2) is 21.9 Å². The Hall–Kier alpha value is -3.64. The van der Waals surface area contributed by atoms with Crippen LogP contribution in [0.25, 0.3) is 0 Å². The number of hydrogen-bond acceptors (Lipinski definition) is 17. The minimum absolute atomic E-state index is 0.0146. The third-order valence-electron chi connectivity index (χ3n) is 14.2. The Morgan fingerprint density at radius 3 is 2.35 bits per heavy atom. The summed E-state index contributed by atoms with van der Waals surface area (Å²) in [7, 11) is -1.57. The number of cyclic esters (lactones) is 1. The van der Waals surface area contributed by atoms with Crippen molar-refractivity contribution in [1.82, 2.24) is 19.9 Å². The van der Waals surface area contributed by atoms with Crippen LogP contribution in [-0.2, 0) is 60.7 Å². The number of halogens is 1. The van der Waals surface area contributed by atoms with E-state index in [0.717, 1.165) is 11.8 Å². The maximum atomic E-state index is 14.6. The van der Waals surface area contributed by atoms with E-state index >= 15 is 0 Å². The molecular weight excluding hydrogens is 922 g/mol. The number of benzene rings is 1. The van der Waals surface area contributed by atoms with Crippen LogP contribution < -0.4 is 0 Å². The number of aromatic nitrogens is 3. The van der Waals surface area contributed by atoms with Gasteiger partial charge in [0.2, 0.25) is 5.91 Å². The SMILES string of the molecule is CC[C@H]1OC(=O)[C@H](C)C(=O)[C@H](C)[C@@H](O[C@@H]2O[C@H](C)C[C@H](N(C)CCc3cn([C@H](CF)Cc4ccc(S(C)(=O)=O)cc4)nn3)[C@H]2O)[C@@]2(C)C[C@@H](C)C(=NC(C)=O)[C@H](C)[C@@H](OCC(O)(CO)CO2)[C@]1(C)O. The number of nitrogens with zero attached hydrogens (tertiary/aromatic N) is 5. The number of alkyl halides is 1. The highest BCUT2D eigenvalue weighted by molar-refractivity contribution is 7.90. The normalized spacial score (nSPS) is 36.6. The Morgan fingerprint density at radius 1 is 1.09 bits per heavy atom. The molecule has 4 N–H and O–H groups in total. The summed E-state index contributed by atoms with van der Waals surface area (Å²) in [6, 6.07) is 5.01.